The summed E-state index contributed by atoms with van der Waals surface area (Å²) in [6.07, 6.45) is 5.36. The van der Waals surface area contributed by atoms with Gasteiger partial charge in [0.05, 0.1) is 6.04 Å². The number of halogens is 1. The first-order valence-electron chi connectivity index (χ1n) is 8.07. The molecular formula is C18H22FN3. The van der Waals surface area contributed by atoms with Crippen LogP contribution in [0, 0.1) is 12.7 Å². The Morgan fingerprint density at radius 2 is 2.09 bits per heavy atom. The summed E-state index contributed by atoms with van der Waals surface area (Å²) in [4.78, 5) is 2.35. The van der Waals surface area contributed by atoms with E-state index in [1.165, 1.54) is 16.7 Å². The molecule has 1 aromatic heterocycles. The zero-order chi connectivity index (χ0) is 15.1. The van der Waals surface area contributed by atoms with E-state index in [9.17, 15) is 4.39 Å². The van der Waals surface area contributed by atoms with Gasteiger partial charge in [-0.3, -0.25) is 4.90 Å². The van der Waals surface area contributed by atoms with Crippen molar-refractivity contribution in [2.75, 3.05) is 19.6 Å². The Labute approximate surface area is 130 Å². The van der Waals surface area contributed by atoms with E-state index in [1.54, 1.807) is 6.07 Å². The van der Waals surface area contributed by atoms with Crippen molar-refractivity contribution < 1.29 is 4.39 Å². The minimum Gasteiger partial charge on any atom is -0.348 e. The number of hydrogen-bond donors (Lipinski definition) is 1. The zero-order valence-corrected chi connectivity index (χ0v) is 13.0. The van der Waals surface area contributed by atoms with E-state index in [0.29, 0.717) is 6.04 Å². The van der Waals surface area contributed by atoms with E-state index in [2.05, 4.69) is 40.2 Å². The number of hydrogen-bond acceptors (Lipinski definition) is 2. The summed E-state index contributed by atoms with van der Waals surface area (Å²) >= 11 is 0. The Kier molecular flexibility index (Phi) is 3.51. The molecule has 0 radical (unpaired) electrons. The molecule has 4 rings (SSSR count). The summed E-state index contributed by atoms with van der Waals surface area (Å²) in [6, 6.07) is 6.31. The highest BCUT2D eigenvalue weighted by atomic mass is 19.1. The van der Waals surface area contributed by atoms with Crippen molar-refractivity contribution in [3.63, 3.8) is 0 Å². The van der Waals surface area contributed by atoms with Gasteiger partial charge in [0.1, 0.15) is 5.82 Å². The maximum atomic E-state index is 14.1. The van der Waals surface area contributed by atoms with Gasteiger partial charge in [-0.1, -0.05) is 6.07 Å². The summed E-state index contributed by atoms with van der Waals surface area (Å²) in [5.41, 5.74) is 4.66. The van der Waals surface area contributed by atoms with Crippen molar-refractivity contribution in [3.05, 3.63) is 58.7 Å². The van der Waals surface area contributed by atoms with Gasteiger partial charge in [0.15, 0.2) is 0 Å². The molecule has 1 saturated heterocycles. The summed E-state index contributed by atoms with van der Waals surface area (Å²) in [5.74, 6) is -0.0524. The van der Waals surface area contributed by atoms with Crippen LogP contribution in [-0.2, 0) is 19.5 Å². The number of nitrogens with zero attached hydrogens (tertiary/aromatic N) is 2. The third-order valence-electron chi connectivity index (χ3n) is 5.03. The minimum absolute atomic E-state index is 0.0524. The molecule has 1 fully saturated rings. The first kappa shape index (κ1) is 14.0. The maximum absolute atomic E-state index is 14.1. The molecule has 2 aliphatic heterocycles. The molecule has 116 valence electrons. The van der Waals surface area contributed by atoms with E-state index in [1.807, 2.05) is 6.07 Å². The average Bonchev–Trinajstić information content (AvgIpc) is 2.89. The Morgan fingerprint density at radius 3 is 2.86 bits per heavy atom. The molecule has 0 amide bonds. The van der Waals surface area contributed by atoms with Crippen LogP contribution in [0.5, 0.6) is 0 Å². The third-order valence-corrected chi connectivity index (χ3v) is 5.03. The third kappa shape index (κ3) is 2.46. The zero-order valence-electron chi connectivity index (χ0n) is 13.0. The highest BCUT2D eigenvalue weighted by Gasteiger charge is 2.22. The quantitative estimate of drug-likeness (QED) is 0.940. The number of nitrogens with one attached hydrogen (secondary N) is 1. The number of fused-ring (bicyclic) bond motifs is 1. The van der Waals surface area contributed by atoms with E-state index in [0.717, 1.165) is 44.7 Å². The number of aryl methyl sites for hydroxylation is 1. The number of aromatic nitrogens is 1. The molecule has 3 nitrogen and oxygen atoms in total. The fourth-order valence-corrected chi connectivity index (χ4v) is 3.53. The second kappa shape index (κ2) is 5.52. The minimum atomic E-state index is -0.0524. The van der Waals surface area contributed by atoms with Crippen molar-refractivity contribution in [2.45, 2.75) is 32.5 Å². The molecule has 0 unspecified atom stereocenters. The van der Waals surface area contributed by atoms with Gasteiger partial charge in [0.2, 0.25) is 0 Å². The van der Waals surface area contributed by atoms with Crippen LogP contribution < -0.4 is 5.32 Å². The van der Waals surface area contributed by atoms with Crippen LogP contribution in [0.3, 0.4) is 0 Å². The van der Waals surface area contributed by atoms with Crippen molar-refractivity contribution in [1.29, 1.82) is 0 Å². The molecule has 3 heterocycles. The molecule has 4 heteroatoms. The van der Waals surface area contributed by atoms with Gasteiger partial charge in [-0.2, -0.15) is 0 Å². The van der Waals surface area contributed by atoms with Crippen molar-refractivity contribution in [3.8, 4) is 0 Å². The van der Waals surface area contributed by atoms with Crippen LogP contribution in [0.4, 0.5) is 4.39 Å². The lowest BCUT2D eigenvalue weighted by Gasteiger charge is -2.30. The number of benzene rings is 1. The van der Waals surface area contributed by atoms with Crippen LogP contribution in [0.2, 0.25) is 0 Å². The van der Waals surface area contributed by atoms with Crippen molar-refractivity contribution in [1.82, 2.24) is 14.8 Å². The van der Waals surface area contributed by atoms with Crippen LogP contribution in [0.15, 0.2) is 30.6 Å². The van der Waals surface area contributed by atoms with Gasteiger partial charge in [0, 0.05) is 50.7 Å². The predicted octanol–water partition coefficient (Wildman–Crippen LogP) is 2.64. The maximum Gasteiger partial charge on any atom is 0.127 e. The molecule has 2 aliphatic rings. The monoisotopic (exact) mass is 299 g/mol. The molecule has 0 aliphatic carbocycles. The highest BCUT2D eigenvalue weighted by molar-refractivity contribution is 5.37. The first-order valence-corrected chi connectivity index (χ1v) is 8.07. The van der Waals surface area contributed by atoms with Crippen LogP contribution in [-0.4, -0.2) is 29.1 Å². The van der Waals surface area contributed by atoms with Crippen LogP contribution >= 0.6 is 0 Å². The molecule has 22 heavy (non-hydrogen) atoms. The standard InChI is InChI=1S/C18H22FN3/c1-13-2-3-18(19)17-12-21(6-5-16(13)17)10-14-4-7-22(11-14)15-8-20-9-15/h2-4,7,11,15,20H,5-6,8-10,12H2,1H3. The van der Waals surface area contributed by atoms with Crippen LogP contribution in [0.1, 0.15) is 28.3 Å². The molecular weight excluding hydrogens is 277 g/mol. The van der Waals surface area contributed by atoms with E-state index in [-0.39, 0.29) is 5.82 Å². The number of rotatable bonds is 3. The van der Waals surface area contributed by atoms with E-state index >= 15 is 0 Å². The molecule has 0 spiro atoms. The Balaban J connectivity index is 1.48. The second-order valence-electron chi connectivity index (χ2n) is 6.56. The van der Waals surface area contributed by atoms with Crippen molar-refractivity contribution >= 4 is 0 Å². The van der Waals surface area contributed by atoms with Gasteiger partial charge < -0.3 is 9.88 Å². The summed E-state index contributed by atoms with van der Waals surface area (Å²) in [7, 11) is 0. The summed E-state index contributed by atoms with van der Waals surface area (Å²) in [5, 5.41) is 3.30. The van der Waals surface area contributed by atoms with Gasteiger partial charge in [-0.25, -0.2) is 4.39 Å². The molecule has 1 aromatic carbocycles. The Bertz CT molecular complexity index is 688. The fourth-order valence-electron chi connectivity index (χ4n) is 3.53. The van der Waals surface area contributed by atoms with Gasteiger partial charge in [-0.15, -0.1) is 0 Å². The van der Waals surface area contributed by atoms with Gasteiger partial charge >= 0.3 is 0 Å². The Hall–Kier alpha value is -1.65. The normalized spacial score (nSPS) is 19.0. The molecule has 0 atom stereocenters. The smallest absolute Gasteiger partial charge is 0.127 e. The average molecular weight is 299 g/mol. The van der Waals surface area contributed by atoms with E-state index < -0.39 is 0 Å². The lowest BCUT2D eigenvalue weighted by atomic mass is 9.94. The van der Waals surface area contributed by atoms with Crippen LogP contribution in [0.25, 0.3) is 0 Å². The largest absolute Gasteiger partial charge is 0.348 e. The SMILES string of the molecule is Cc1ccc(F)c2c1CCN(Cc1ccn(C3CNC3)c1)C2. The lowest BCUT2D eigenvalue weighted by Crippen LogP contribution is -2.42. The summed E-state index contributed by atoms with van der Waals surface area (Å²) in [6.45, 7) is 6.85. The molecule has 0 saturated carbocycles. The highest BCUT2D eigenvalue weighted by Crippen LogP contribution is 2.26. The lowest BCUT2D eigenvalue weighted by molar-refractivity contribution is 0.240. The molecule has 0 bridgehead atoms. The molecule has 2 aromatic rings. The van der Waals surface area contributed by atoms with E-state index in [4.69, 9.17) is 0 Å². The first-order chi connectivity index (χ1) is 10.7. The fraction of sp³-hybridized carbons (Fsp3) is 0.444. The second-order valence-corrected chi connectivity index (χ2v) is 6.56. The topological polar surface area (TPSA) is 20.2 Å². The van der Waals surface area contributed by atoms with Gasteiger partial charge in [-0.05, 0) is 42.2 Å². The predicted molar refractivity (Wildman–Crippen MR) is 85.3 cm³/mol. The molecule has 1 N–H and O–H groups in total. The summed E-state index contributed by atoms with van der Waals surface area (Å²) < 4.78 is 16.4. The van der Waals surface area contributed by atoms with Gasteiger partial charge in [0.25, 0.3) is 0 Å². The Morgan fingerprint density at radius 1 is 1.23 bits per heavy atom. The van der Waals surface area contributed by atoms with Crippen molar-refractivity contribution in [2.24, 2.45) is 0 Å².